The lowest BCUT2D eigenvalue weighted by Crippen LogP contribution is -2.47. The predicted molar refractivity (Wildman–Crippen MR) is 93.2 cm³/mol. The molecule has 7 heteroatoms. The summed E-state index contributed by atoms with van der Waals surface area (Å²) in [5, 5.41) is 7.52. The molecule has 1 N–H and O–H groups in total. The highest BCUT2D eigenvalue weighted by Gasteiger charge is 2.43. The van der Waals surface area contributed by atoms with Crippen LogP contribution in [0.5, 0.6) is 0 Å². The number of piperidine rings is 1. The molecule has 0 saturated carbocycles. The number of nitrogens with zero attached hydrogens (tertiary/aromatic N) is 4. The summed E-state index contributed by atoms with van der Waals surface area (Å²) < 4.78 is 11.6. The molecule has 4 rings (SSSR count). The lowest BCUT2D eigenvalue weighted by atomic mass is 9.88. The van der Waals surface area contributed by atoms with Gasteiger partial charge >= 0.3 is 0 Å². The van der Waals surface area contributed by atoms with E-state index in [2.05, 4.69) is 25.3 Å². The molecule has 0 bridgehead atoms. The largest absolute Gasteiger partial charge is 0.371 e. The third kappa shape index (κ3) is 3.52. The molecule has 4 heterocycles. The highest BCUT2D eigenvalue weighted by Crippen LogP contribution is 2.36. The maximum atomic E-state index is 6.28. The lowest BCUT2D eigenvalue weighted by Gasteiger charge is -2.39. The maximum Gasteiger partial charge on any atom is 0.144 e. The molecule has 2 atom stereocenters. The van der Waals surface area contributed by atoms with Crippen molar-refractivity contribution in [3.05, 3.63) is 35.6 Å². The minimum Gasteiger partial charge on any atom is -0.371 e. The van der Waals surface area contributed by atoms with Crippen molar-refractivity contribution in [1.29, 1.82) is 0 Å². The van der Waals surface area contributed by atoms with Gasteiger partial charge in [0.15, 0.2) is 0 Å². The smallest absolute Gasteiger partial charge is 0.144 e. The first-order chi connectivity index (χ1) is 12.1. The Labute approximate surface area is 147 Å². The molecule has 2 unspecified atom stereocenters. The highest BCUT2D eigenvalue weighted by molar-refractivity contribution is 5.32. The zero-order valence-electron chi connectivity index (χ0n) is 14.9. The number of hydrogen-bond acceptors (Lipinski definition) is 7. The van der Waals surface area contributed by atoms with Crippen molar-refractivity contribution in [3.8, 4) is 0 Å². The summed E-state index contributed by atoms with van der Waals surface area (Å²) in [5.74, 6) is 1.74. The molecule has 25 heavy (non-hydrogen) atoms. The minimum atomic E-state index is -0.0584. The van der Waals surface area contributed by atoms with Gasteiger partial charge in [-0.2, -0.15) is 0 Å². The summed E-state index contributed by atoms with van der Waals surface area (Å²) in [6.07, 6.45) is 8.42. The van der Waals surface area contributed by atoms with Gasteiger partial charge in [-0.3, -0.25) is 9.88 Å². The number of rotatable bonds is 4. The van der Waals surface area contributed by atoms with E-state index in [1.165, 1.54) is 5.56 Å². The lowest BCUT2D eigenvalue weighted by molar-refractivity contribution is -0.0534. The molecular weight excluding hydrogens is 318 g/mol. The topological polar surface area (TPSA) is 76.3 Å². The van der Waals surface area contributed by atoms with Crippen LogP contribution in [0.25, 0.3) is 0 Å². The average molecular weight is 343 g/mol. The Morgan fingerprint density at radius 3 is 3.04 bits per heavy atom. The normalized spacial score (nSPS) is 27.0. The summed E-state index contributed by atoms with van der Waals surface area (Å²) in [7, 11) is 0. The van der Waals surface area contributed by atoms with Gasteiger partial charge in [0.05, 0.1) is 30.1 Å². The molecule has 2 fully saturated rings. The molecule has 2 saturated heterocycles. The molecule has 2 aromatic heterocycles. The second-order valence-corrected chi connectivity index (χ2v) is 7.25. The number of nitrogens with one attached hydrogen (secondary N) is 1. The van der Waals surface area contributed by atoms with Crippen molar-refractivity contribution in [2.24, 2.45) is 0 Å². The van der Waals surface area contributed by atoms with Crippen LogP contribution in [0.2, 0.25) is 0 Å². The second-order valence-electron chi connectivity index (χ2n) is 7.25. The Balaban J connectivity index is 1.39. The zero-order chi connectivity index (χ0) is 17.3. The molecule has 1 spiro atoms. The first-order valence-electron chi connectivity index (χ1n) is 8.94. The van der Waals surface area contributed by atoms with Crippen molar-refractivity contribution >= 4 is 5.82 Å². The molecule has 7 nitrogen and oxygen atoms in total. The number of aromatic nitrogens is 3. The minimum absolute atomic E-state index is 0.0584. The van der Waals surface area contributed by atoms with E-state index in [1.54, 1.807) is 18.6 Å². The van der Waals surface area contributed by atoms with Crippen molar-refractivity contribution in [2.75, 3.05) is 25.0 Å². The summed E-state index contributed by atoms with van der Waals surface area (Å²) in [6.45, 7) is 7.65. The average Bonchev–Trinajstić information content (AvgIpc) is 3.14. The molecular formula is C18H25N5O2. The van der Waals surface area contributed by atoms with Crippen LogP contribution in [0.4, 0.5) is 5.82 Å². The van der Waals surface area contributed by atoms with Crippen molar-refractivity contribution in [3.63, 3.8) is 0 Å². The zero-order valence-corrected chi connectivity index (χ0v) is 14.9. The van der Waals surface area contributed by atoms with Crippen LogP contribution in [0, 0.1) is 13.8 Å². The van der Waals surface area contributed by atoms with E-state index in [9.17, 15) is 0 Å². The number of likely N-dealkylation sites (tertiary alicyclic amines) is 1. The Bertz CT molecular complexity index is 700. The van der Waals surface area contributed by atoms with Crippen molar-refractivity contribution in [2.45, 2.75) is 51.3 Å². The third-order valence-corrected chi connectivity index (χ3v) is 5.31. The fourth-order valence-electron chi connectivity index (χ4n) is 4.08. The number of hydrogen-bond donors (Lipinski definition) is 1. The molecule has 134 valence electrons. The van der Waals surface area contributed by atoms with Crippen LogP contribution in [0.15, 0.2) is 23.1 Å². The number of ether oxygens (including phenoxy) is 1. The standard InChI is InChI=1S/C18H25N5O2/c1-13-16(14(2)25-22-13)10-23-7-3-4-18(12-23)8-15(11-24-18)21-17-9-19-5-6-20-17/h5-6,9,15H,3-4,7-8,10-12H2,1-2H3,(H,20,21). The van der Waals surface area contributed by atoms with E-state index in [4.69, 9.17) is 9.26 Å². The fraction of sp³-hybridized carbons (Fsp3) is 0.611. The summed E-state index contributed by atoms with van der Waals surface area (Å²) in [5.41, 5.74) is 2.15. The monoisotopic (exact) mass is 343 g/mol. The van der Waals surface area contributed by atoms with Gasteiger partial charge in [0.25, 0.3) is 0 Å². The van der Waals surface area contributed by atoms with E-state index < -0.39 is 0 Å². The van der Waals surface area contributed by atoms with E-state index in [0.717, 1.165) is 62.8 Å². The van der Waals surface area contributed by atoms with E-state index in [1.807, 2.05) is 13.8 Å². The van der Waals surface area contributed by atoms with Gasteiger partial charge < -0.3 is 14.6 Å². The van der Waals surface area contributed by atoms with Gasteiger partial charge in [0.1, 0.15) is 11.6 Å². The van der Waals surface area contributed by atoms with Crippen molar-refractivity contribution < 1.29 is 9.26 Å². The molecule has 2 aliphatic rings. The first kappa shape index (κ1) is 16.5. The Hall–Kier alpha value is -1.99. The van der Waals surface area contributed by atoms with Crippen LogP contribution < -0.4 is 5.32 Å². The number of anilines is 1. The molecule has 0 aromatic carbocycles. The van der Waals surface area contributed by atoms with E-state index in [-0.39, 0.29) is 11.6 Å². The van der Waals surface area contributed by atoms with Crippen LogP contribution in [0.3, 0.4) is 0 Å². The number of aryl methyl sites for hydroxylation is 2. The predicted octanol–water partition coefficient (Wildman–Crippen LogP) is 2.32. The summed E-state index contributed by atoms with van der Waals surface area (Å²) in [6, 6.07) is 0.288. The van der Waals surface area contributed by atoms with Gasteiger partial charge in [-0.1, -0.05) is 5.16 Å². The fourth-order valence-corrected chi connectivity index (χ4v) is 4.08. The van der Waals surface area contributed by atoms with Gasteiger partial charge in [0, 0.05) is 37.5 Å². The summed E-state index contributed by atoms with van der Waals surface area (Å²) >= 11 is 0. The van der Waals surface area contributed by atoms with E-state index in [0.29, 0.717) is 0 Å². The second kappa shape index (κ2) is 6.72. The van der Waals surface area contributed by atoms with Gasteiger partial charge in [-0.15, -0.1) is 0 Å². The molecule has 0 aliphatic carbocycles. The van der Waals surface area contributed by atoms with E-state index >= 15 is 0 Å². The van der Waals surface area contributed by atoms with Crippen LogP contribution in [-0.2, 0) is 11.3 Å². The van der Waals surface area contributed by atoms with Crippen molar-refractivity contribution in [1.82, 2.24) is 20.0 Å². The Kier molecular flexibility index (Phi) is 4.43. The SMILES string of the molecule is Cc1noc(C)c1CN1CCCC2(CC(Nc3cnccn3)CO2)C1. The molecule has 2 aromatic rings. The van der Waals surface area contributed by atoms with Gasteiger partial charge in [0.2, 0.25) is 0 Å². The first-order valence-corrected chi connectivity index (χ1v) is 8.94. The van der Waals surface area contributed by atoms with Gasteiger partial charge in [-0.25, -0.2) is 4.98 Å². The van der Waals surface area contributed by atoms with Crippen LogP contribution in [0.1, 0.15) is 36.3 Å². The highest BCUT2D eigenvalue weighted by atomic mass is 16.5. The molecule has 0 amide bonds. The van der Waals surface area contributed by atoms with Gasteiger partial charge in [-0.05, 0) is 33.2 Å². The maximum absolute atomic E-state index is 6.28. The quantitative estimate of drug-likeness (QED) is 0.913. The third-order valence-electron chi connectivity index (χ3n) is 5.31. The molecule has 2 aliphatic heterocycles. The molecule has 0 radical (unpaired) electrons. The summed E-state index contributed by atoms with van der Waals surface area (Å²) in [4.78, 5) is 10.9. The Morgan fingerprint density at radius 2 is 2.28 bits per heavy atom. The van der Waals surface area contributed by atoms with Crippen LogP contribution >= 0.6 is 0 Å². The Morgan fingerprint density at radius 1 is 1.36 bits per heavy atom. The van der Waals surface area contributed by atoms with Crippen LogP contribution in [-0.4, -0.2) is 51.4 Å².